The van der Waals surface area contributed by atoms with Crippen molar-refractivity contribution in [2.75, 3.05) is 0 Å². The molecule has 0 aromatic heterocycles. The lowest BCUT2D eigenvalue weighted by Crippen LogP contribution is -2.01. The van der Waals surface area contributed by atoms with Gasteiger partial charge >= 0.3 is 0 Å². The normalized spacial score (nSPS) is 10.1. The van der Waals surface area contributed by atoms with Gasteiger partial charge in [-0.15, -0.1) is 0 Å². The van der Waals surface area contributed by atoms with E-state index in [-0.39, 0.29) is 56.8 Å². The van der Waals surface area contributed by atoms with Crippen LogP contribution in [0.3, 0.4) is 0 Å². The maximum atomic E-state index is 12.0. The van der Waals surface area contributed by atoms with E-state index in [0.717, 1.165) is 12.1 Å². The number of phenolic OH excluding ortho intramolecular Hbond substituents is 6. The minimum atomic E-state index is -0.606. The molecular weight excluding hydrogens is 440 g/mol. The summed E-state index contributed by atoms with van der Waals surface area (Å²) < 4.78 is 0. The van der Waals surface area contributed by atoms with E-state index in [1.165, 1.54) is 48.5 Å². The topological polar surface area (TPSA) is 156 Å². The van der Waals surface area contributed by atoms with E-state index in [4.69, 9.17) is 10.2 Å². The maximum Gasteiger partial charge on any atom is 0.200 e. The van der Waals surface area contributed by atoms with E-state index >= 15 is 0 Å². The van der Waals surface area contributed by atoms with Gasteiger partial charge in [-0.3, -0.25) is 9.59 Å². The highest BCUT2D eigenvalue weighted by Gasteiger charge is 2.18. The smallest absolute Gasteiger partial charge is 0.200 e. The minimum absolute atomic E-state index is 0.0474. The molecular formula is C26H20O8. The Hall–Kier alpha value is -4.98. The van der Waals surface area contributed by atoms with Crippen LogP contribution < -0.4 is 0 Å². The van der Waals surface area contributed by atoms with Crippen LogP contribution in [-0.4, -0.2) is 42.2 Å². The summed E-state index contributed by atoms with van der Waals surface area (Å²) in [4.78, 5) is 24.0. The number of ketones is 2. The fraction of sp³-hybridized carbons (Fsp3) is 0. The Morgan fingerprint density at radius 3 is 1.06 bits per heavy atom. The van der Waals surface area contributed by atoms with Gasteiger partial charge in [0.1, 0.15) is 34.5 Å². The largest absolute Gasteiger partial charge is 0.508 e. The van der Waals surface area contributed by atoms with Crippen LogP contribution in [0.4, 0.5) is 0 Å². The van der Waals surface area contributed by atoms with Crippen LogP contribution >= 0.6 is 0 Å². The van der Waals surface area contributed by atoms with E-state index in [1.807, 2.05) is 0 Å². The second-order valence-electron chi connectivity index (χ2n) is 7.10. The highest BCUT2D eigenvalue weighted by atomic mass is 16.3. The second kappa shape index (κ2) is 10.1. The Morgan fingerprint density at radius 2 is 0.735 bits per heavy atom. The molecule has 0 bridgehead atoms. The third kappa shape index (κ3) is 5.25. The molecule has 0 saturated carbocycles. The van der Waals surface area contributed by atoms with Crippen molar-refractivity contribution in [1.29, 1.82) is 0 Å². The lowest BCUT2D eigenvalue weighted by atomic mass is 10.0. The molecule has 0 aliphatic heterocycles. The second-order valence-corrected chi connectivity index (χ2v) is 7.10. The van der Waals surface area contributed by atoms with Gasteiger partial charge in [0.2, 0.25) is 0 Å². The van der Waals surface area contributed by atoms with Gasteiger partial charge in [-0.1, -0.05) is 24.3 Å². The molecule has 0 amide bonds. The predicted molar refractivity (Wildman–Crippen MR) is 123 cm³/mol. The Kier molecular flexibility index (Phi) is 7.03. The molecule has 4 aromatic rings. The lowest BCUT2D eigenvalue weighted by molar-refractivity contribution is 0.102. The molecule has 8 heteroatoms. The number of phenols is 6. The molecule has 0 radical (unpaired) electrons. The van der Waals surface area contributed by atoms with Gasteiger partial charge in [0.15, 0.2) is 11.6 Å². The van der Waals surface area contributed by atoms with Crippen molar-refractivity contribution in [2.24, 2.45) is 0 Å². The van der Waals surface area contributed by atoms with E-state index in [1.54, 1.807) is 24.3 Å². The first kappa shape index (κ1) is 23.7. The van der Waals surface area contributed by atoms with Gasteiger partial charge in [-0.05, 0) is 48.5 Å². The first-order valence-electron chi connectivity index (χ1n) is 9.88. The number of aromatic hydroxyl groups is 6. The number of benzene rings is 4. The van der Waals surface area contributed by atoms with Crippen molar-refractivity contribution < 1.29 is 40.2 Å². The van der Waals surface area contributed by atoms with Gasteiger partial charge in [0.05, 0.1) is 22.3 Å². The summed E-state index contributed by atoms with van der Waals surface area (Å²) in [6.45, 7) is 0. The van der Waals surface area contributed by atoms with Crippen LogP contribution in [-0.2, 0) is 0 Å². The van der Waals surface area contributed by atoms with Gasteiger partial charge in [-0.25, -0.2) is 0 Å². The Balaban J connectivity index is 0.000000192. The highest BCUT2D eigenvalue weighted by Crippen LogP contribution is 2.30. The number of carbonyl (C=O) groups excluding carboxylic acids is 2. The summed E-state index contributed by atoms with van der Waals surface area (Å²) >= 11 is 0. The zero-order chi connectivity index (χ0) is 24.8. The molecule has 0 heterocycles. The highest BCUT2D eigenvalue weighted by molar-refractivity contribution is 6.12. The van der Waals surface area contributed by atoms with Crippen molar-refractivity contribution in [3.8, 4) is 34.5 Å². The quantitative estimate of drug-likeness (QED) is 0.249. The predicted octanol–water partition coefficient (Wildman–Crippen LogP) is 4.07. The first-order chi connectivity index (χ1) is 16.2. The summed E-state index contributed by atoms with van der Waals surface area (Å²) in [5.74, 6) is -2.27. The average molecular weight is 460 g/mol. The molecule has 172 valence electrons. The summed E-state index contributed by atoms with van der Waals surface area (Å²) in [6.07, 6.45) is 0. The van der Waals surface area contributed by atoms with Crippen LogP contribution in [0.15, 0.2) is 84.9 Å². The molecule has 8 nitrogen and oxygen atoms in total. The van der Waals surface area contributed by atoms with Gasteiger partial charge in [0, 0.05) is 12.1 Å². The number of para-hydroxylation sites is 2. The van der Waals surface area contributed by atoms with E-state index < -0.39 is 11.6 Å². The Labute approximate surface area is 193 Å². The number of hydrogen-bond donors (Lipinski definition) is 6. The molecule has 34 heavy (non-hydrogen) atoms. The lowest BCUT2D eigenvalue weighted by Gasteiger charge is -2.06. The third-order valence-corrected chi connectivity index (χ3v) is 4.75. The third-order valence-electron chi connectivity index (χ3n) is 4.75. The molecule has 0 unspecified atom stereocenters. The Bertz CT molecular complexity index is 1260. The molecule has 0 spiro atoms. The molecule has 0 aliphatic carbocycles. The summed E-state index contributed by atoms with van der Waals surface area (Å²) in [7, 11) is 0. The average Bonchev–Trinajstić information content (AvgIpc) is 2.79. The number of rotatable bonds is 4. The van der Waals surface area contributed by atoms with Crippen molar-refractivity contribution in [1.82, 2.24) is 0 Å². The van der Waals surface area contributed by atoms with Crippen molar-refractivity contribution in [3.63, 3.8) is 0 Å². The van der Waals surface area contributed by atoms with Crippen molar-refractivity contribution >= 4 is 11.6 Å². The van der Waals surface area contributed by atoms with Crippen LogP contribution in [0.25, 0.3) is 0 Å². The molecule has 4 aromatic carbocycles. The fourth-order valence-corrected chi connectivity index (χ4v) is 3.05. The fourth-order valence-electron chi connectivity index (χ4n) is 3.05. The van der Waals surface area contributed by atoms with Crippen LogP contribution in [0, 0.1) is 0 Å². The zero-order valence-corrected chi connectivity index (χ0v) is 17.6. The molecule has 0 saturated heterocycles. The molecule has 0 atom stereocenters. The summed E-state index contributed by atoms with van der Waals surface area (Å²) in [6, 6.07) is 19.6. The SMILES string of the molecule is O=C(c1ccc(O)cc1O)c1ccc(O)cc1O.O=C(c1ccccc1O)c1ccccc1O. The van der Waals surface area contributed by atoms with E-state index in [0.29, 0.717) is 0 Å². The van der Waals surface area contributed by atoms with Gasteiger partial charge in [0.25, 0.3) is 0 Å². The first-order valence-corrected chi connectivity index (χ1v) is 9.88. The van der Waals surface area contributed by atoms with Crippen molar-refractivity contribution in [2.45, 2.75) is 0 Å². The number of carbonyl (C=O) groups is 2. The zero-order valence-electron chi connectivity index (χ0n) is 17.6. The van der Waals surface area contributed by atoms with Crippen molar-refractivity contribution in [3.05, 3.63) is 107 Å². The van der Waals surface area contributed by atoms with Gasteiger partial charge < -0.3 is 30.6 Å². The summed E-state index contributed by atoms with van der Waals surface area (Å²) in [5, 5.41) is 56.4. The van der Waals surface area contributed by atoms with Gasteiger partial charge in [-0.2, -0.15) is 0 Å². The standard InChI is InChI=1S/C13H10O5.C13H10O3/c14-7-1-3-9(11(16)5-7)13(18)10-4-2-8(15)6-12(10)17;14-11-7-3-1-5-9(11)13(16)10-6-2-4-8-12(10)15/h1-6,14-17H;1-8,14-15H. The maximum absolute atomic E-state index is 12.0. The van der Waals surface area contributed by atoms with Crippen LogP contribution in [0.2, 0.25) is 0 Å². The molecule has 0 aliphatic rings. The number of hydrogen-bond acceptors (Lipinski definition) is 8. The summed E-state index contributed by atoms with van der Waals surface area (Å²) in [5.41, 5.74) is 0.274. The molecule has 6 N–H and O–H groups in total. The van der Waals surface area contributed by atoms with Crippen LogP contribution in [0.1, 0.15) is 31.8 Å². The minimum Gasteiger partial charge on any atom is -0.508 e. The monoisotopic (exact) mass is 460 g/mol. The van der Waals surface area contributed by atoms with E-state index in [9.17, 15) is 30.0 Å². The molecule has 4 rings (SSSR count). The molecule has 0 fully saturated rings. The Morgan fingerprint density at radius 1 is 0.412 bits per heavy atom. The van der Waals surface area contributed by atoms with E-state index in [2.05, 4.69) is 0 Å². The van der Waals surface area contributed by atoms with Crippen LogP contribution in [0.5, 0.6) is 34.5 Å².